The summed E-state index contributed by atoms with van der Waals surface area (Å²) in [5.41, 5.74) is 3.38. The number of unbranched alkanes of at least 4 members (excludes halogenated alkanes) is 1. The van der Waals surface area contributed by atoms with Crippen LogP contribution in [-0.4, -0.2) is 37.6 Å². The summed E-state index contributed by atoms with van der Waals surface area (Å²) in [5, 5.41) is 2.91. The summed E-state index contributed by atoms with van der Waals surface area (Å²) in [5.74, 6) is -0.191. The zero-order valence-corrected chi connectivity index (χ0v) is 16.3. The molecule has 1 amide bonds. The third-order valence-electron chi connectivity index (χ3n) is 4.52. The van der Waals surface area contributed by atoms with Crippen LogP contribution in [0.1, 0.15) is 44.1 Å². The highest BCUT2D eigenvalue weighted by molar-refractivity contribution is 6.03. The lowest BCUT2D eigenvalue weighted by atomic mass is 10.2. The first-order valence-electron chi connectivity index (χ1n) is 9.42. The Balaban J connectivity index is 1.99. The minimum Gasteiger partial charge on any atom is -0.373 e. The first kappa shape index (κ1) is 19.8. The van der Waals surface area contributed by atoms with E-state index in [9.17, 15) is 4.79 Å². The van der Waals surface area contributed by atoms with E-state index in [4.69, 9.17) is 0 Å². The molecule has 0 unspecified atom stereocenters. The number of pyridine rings is 1. The van der Waals surface area contributed by atoms with Crippen molar-refractivity contribution in [2.75, 3.05) is 41.8 Å². The molecule has 1 heterocycles. The van der Waals surface area contributed by atoms with Crippen molar-refractivity contribution in [3.05, 3.63) is 48.3 Å². The minimum atomic E-state index is -0.191. The van der Waals surface area contributed by atoms with Gasteiger partial charge in [-0.2, -0.15) is 0 Å². The number of nitrogens with one attached hydrogen (secondary N) is 1. The van der Waals surface area contributed by atoms with Crippen LogP contribution in [-0.2, 0) is 0 Å². The molecule has 0 aliphatic carbocycles. The number of rotatable bonds is 9. The van der Waals surface area contributed by atoms with E-state index in [1.54, 1.807) is 12.3 Å². The van der Waals surface area contributed by atoms with E-state index in [1.165, 1.54) is 0 Å². The third-order valence-corrected chi connectivity index (χ3v) is 4.52. The van der Waals surface area contributed by atoms with Gasteiger partial charge < -0.3 is 15.1 Å². The smallest absolute Gasteiger partial charge is 0.274 e. The molecule has 0 atom stereocenters. The molecule has 2 aromatic rings. The van der Waals surface area contributed by atoms with Crippen molar-refractivity contribution < 1.29 is 4.79 Å². The topological polar surface area (TPSA) is 48.5 Å². The minimum absolute atomic E-state index is 0.191. The van der Waals surface area contributed by atoms with E-state index in [2.05, 4.69) is 40.9 Å². The maximum absolute atomic E-state index is 12.4. The summed E-state index contributed by atoms with van der Waals surface area (Å²) in [7, 11) is 2.05. The largest absolute Gasteiger partial charge is 0.373 e. The Morgan fingerprint density at radius 1 is 1.00 bits per heavy atom. The van der Waals surface area contributed by atoms with Crippen LogP contribution in [0.2, 0.25) is 0 Å². The fourth-order valence-electron chi connectivity index (χ4n) is 2.81. The predicted molar refractivity (Wildman–Crippen MR) is 110 cm³/mol. The highest BCUT2D eigenvalue weighted by Gasteiger charge is 2.09. The van der Waals surface area contributed by atoms with E-state index in [0.717, 1.165) is 49.5 Å². The number of aromatic nitrogens is 1. The molecule has 0 fully saturated rings. The molecule has 0 saturated carbocycles. The van der Waals surface area contributed by atoms with Crippen molar-refractivity contribution in [1.29, 1.82) is 0 Å². The molecule has 140 valence electrons. The molecule has 1 aromatic carbocycles. The van der Waals surface area contributed by atoms with Crippen LogP contribution in [0.4, 0.5) is 17.1 Å². The molecule has 0 radical (unpaired) electrons. The van der Waals surface area contributed by atoms with Gasteiger partial charge in [-0.3, -0.25) is 4.79 Å². The summed E-state index contributed by atoms with van der Waals surface area (Å²) >= 11 is 0. The standard InChI is InChI=1S/C21H30N4O/c1-5-8-15-24(4)19-13-14-20(22-16-19)21(26)23-17-9-11-18(12-10-17)25(6-2)7-3/h9-14,16H,5-8,15H2,1-4H3,(H,23,26). The molecule has 1 aromatic heterocycles. The van der Waals surface area contributed by atoms with Gasteiger partial charge in [-0.05, 0) is 56.7 Å². The molecule has 0 bridgehead atoms. The molecule has 5 heteroatoms. The van der Waals surface area contributed by atoms with Gasteiger partial charge >= 0.3 is 0 Å². The number of carbonyl (C=O) groups excluding carboxylic acids is 1. The van der Waals surface area contributed by atoms with E-state index < -0.39 is 0 Å². The van der Waals surface area contributed by atoms with Gasteiger partial charge in [0.05, 0.1) is 11.9 Å². The molecule has 1 N–H and O–H groups in total. The van der Waals surface area contributed by atoms with Crippen molar-refractivity contribution in [3.8, 4) is 0 Å². The van der Waals surface area contributed by atoms with Gasteiger partial charge in [0.15, 0.2) is 0 Å². The number of amides is 1. The average molecular weight is 354 g/mol. The van der Waals surface area contributed by atoms with Crippen molar-refractivity contribution in [1.82, 2.24) is 4.98 Å². The fourth-order valence-corrected chi connectivity index (χ4v) is 2.81. The van der Waals surface area contributed by atoms with Gasteiger partial charge in [-0.25, -0.2) is 4.98 Å². The van der Waals surface area contributed by atoms with E-state index in [-0.39, 0.29) is 5.91 Å². The molecule has 26 heavy (non-hydrogen) atoms. The first-order chi connectivity index (χ1) is 12.6. The quantitative estimate of drug-likeness (QED) is 0.724. The van der Waals surface area contributed by atoms with Crippen LogP contribution in [0.5, 0.6) is 0 Å². The molecule has 0 saturated heterocycles. The number of hydrogen-bond acceptors (Lipinski definition) is 4. The highest BCUT2D eigenvalue weighted by Crippen LogP contribution is 2.18. The summed E-state index contributed by atoms with van der Waals surface area (Å²) in [4.78, 5) is 21.1. The maximum atomic E-state index is 12.4. The lowest BCUT2D eigenvalue weighted by Gasteiger charge is -2.21. The molecule has 0 aliphatic rings. The van der Waals surface area contributed by atoms with Gasteiger partial charge in [0.1, 0.15) is 5.69 Å². The van der Waals surface area contributed by atoms with Gasteiger partial charge in [0.2, 0.25) is 0 Å². The zero-order valence-electron chi connectivity index (χ0n) is 16.3. The Hall–Kier alpha value is -2.56. The molecule has 0 aliphatic heterocycles. The summed E-state index contributed by atoms with van der Waals surface area (Å²) in [6, 6.07) is 11.6. The van der Waals surface area contributed by atoms with Crippen molar-refractivity contribution in [3.63, 3.8) is 0 Å². The third kappa shape index (κ3) is 5.22. The average Bonchev–Trinajstić information content (AvgIpc) is 2.68. The number of nitrogens with zero attached hydrogens (tertiary/aromatic N) is 3. The lowest BCUT2D eigenvalue weighted by Crippen LogP contribution is -2.21. The molecular formula is C21H30N4O. The number of anilines is 3. The van der Waals surface area contributed by atoms with Crippen LogP contribution in [0.15, 0.2) is 42.6 Å². The van der Waals surface area contributed by atoms with Gasteiger partial charge in [0, 0.05) is 38.1 Å². The monoisotopic (exact) mass is 354 g/mol. The summed E-state index contributed by atoms with van der Waals surface area (Å²) < 4.78 is 0. The second kappa shape index (κ2) is 9.80. The SMILES string of the molecule is CCCCN(C)c1ccc(C(=O)Nc2ccc(N(CC)CC)cc2)nc1. The Labute approximate surface area is 157 Å². The molecular weight excluding hydrogens is 324 g/mol. The molecule has 2 rings (SSSR count). The van der Waals surface area contributed by atoms with Crippen LogP contribution in [0, 0.1) is 0 Å². The predicted octanol–water partition coefficient (Wildman–Crippen LogP) is 4.42. The van der Waals surface area contributed by atoms with Gasteiger partial charge in [-0.1, -0.05) is 13.3 Å². The molecule has 5 nitrogen and oxygen atoms in total. The Morgan fingerprint density at radius 2 is 1.65 bits per heavy atom. The maximum Gasteiger partial charge on any atom is 0.274 e. The normalized spacial score (nSPS) is 10.5. The van der Waals surface area contributed by atoms with Crippen LogP contribution >= 0.6 is 0 Å². The van der Waals surface area contributed by atoms with E-state index in [0.29, 0.717) is 5.69 Å². The number of benzene rings is 1. The Kier molecular flexibility index (Phi) is 7.45. The Bertz CT molecular complexity index is 678. The number of carbonyl (C=O) groups is 1. The van der Waals surface area contributed by atoms with E-state index in [1.807, 2.05) is 37.4 Å². The van der Waals surface area contributed by atoms with Crippen LogP contribution < -0.4 is 15.1 Å². The number of hydrogen-bond donors (Lipinski definition) is 1. The van der Waals surface area contributed by atoms with Crippen molar-refractivity contribution in [2.45, 2.75) is 33.6 Å². The van der Waals surface area contributed by atoms with Gasteiger partial charge in [0.25, 0.3) is 5.91 Å². The van der Waals surface area contributed by atoms with Crippen molar-refractivity contribution in [2.24, 2.45) is 0 Å². The second-order valence-electron chi connectivity index (χ2n) is 6.35. The highest BCUT2D eigenvalue weighted by atomic mass is 16.1. The lowest BCUT2D eigenvalue weighted by molar-refractivity contribution is 0.102. The van der Waals surface area contributed by atoms with Gasteiger partial charge in [-0.15, -0.1) is 0 Å². The zero-order chi connectivity index (χ0) is 18.9. The van der Waals surface area contributed by atoms with Crippen LogP contribution in [0.25, 0.3) is 0 Å². The van der Waals surface area contributed by atoms with E-state index >= 15 is 0 Å². The van der Waals surface area contributed by atoms with Crippen LogP contribution in [0.3, 0.4) is 0 Å². The molecule has 0 spiro atoms. The van der Waals surface area contributed by atoms with Crippen molar-refractivity contribution >= 4 is 23.0 Å². The summed E-state index contributed by atoms with van der Waals surface area (Å²) in [6.07, 6.45) is 4.06. The fraction of sp³-hybridized carbons (Fsp3) is 0.429. The Morgan fingerprint density at radius 3 is 2.19 bits per heavy atom. The first-order valence-corrected chi connectivity index (χ1v) is 9.42. The second-order valence-corrected chi connectivity index (χ2v) is 6.35. The summed E-state index contributed by atoms with van der Waals surface area (Å²) in [6.45, 7) is 9.36.